The number of hydrogen-bond acceptors (Lipinski definition) is 5. The summed E-state index contributed by atoms with van der Waals surface area (Å²) >= 11 is 5.86. The van der Waals surface area contributed by atoms with E-state index in [9.17, 15) is 13.6 Å². The summed E-state index contributed by atoms with van der Waals surface area (Å²) in [6, 6.07) is 8.15. The van der Waals surface area contributed by atoms with Gasteiger partial charge >= 0.3 is 6.43 Å². The molecule has 0 saturated heterocycles. The van der Waals surface area contributed by atoms with Gasteiger partial charge in [-0.2, -0.15) is 13.9 Å². The van der Waals surface area contributed by atoms with E-state index in [0.29, 0.717) is 10.6 Å². The Balaban J connectivity index is 1.77. The third kappa shape index (κ3) is 4.08. The lowest BCUT2D eigenvalue weighted by Gasteiger charge is -1.99. The van der Waals surface area contributed by atoms with Crippen LogP contribution in [0.2, 0.25) is 5.02 Å². The first-order valence-corrected chi connectivity index (χ1v) is 7.34. The van der Waals surface area contributed by atoms with Gasteiger partial charge in [0.1, 0.15) is 6.54 Å². The molecule has 0 amide bonds. The summed E-state index contributed by atoms with van der Waals surface area (Å²) in [6.07, 6.45) is -1.61. The zero-order chi connectivity index (χ0) is 17.8. The Morgan fingerprint density at radius 3 is 2.80 bits per heavy atom. The van der Waals surface area contributed by atoms with E-state index in [1.807, 2.05) is 0 Å². The fourth-order valence-corrected chi connectivity index (χ4v) is 2.08. The highest BCUT2D eigenvalue weighted by Gasteiger charge is 2.17. The minimum atomic E-state index is -2.88. The van der Waals surface area contributed by atoms with Gasteiger partial charge in [-0.3, -0.25) is 4.79 Å². The van der Waals surface area contributed by atoms with Crippen LogP contribution in [0.3, 0.4) is 0 Å². The van der Waals surface area contributed by atoms with Crippen molar-refractivity contribution in [2.24, 2.45) is 0 Å². The van der Waals surface area contributed by atoms with Gasteiger partial charge in [0, 0.05) is 16.7 Å². The van der Waals surface area contributed by atoms with Crippen LogP contribution in [0.25, 0.3) is 11.5 Å². The molecular weight excluding hydrogens is 354 g/mol. The van der Waals surface area contributed by atoms with E-state index in [2.05, 4.69) is 27.1 Å². The number of halogens is 3. The van der Waals surface area contributed by atoms with Gasteiger partial charge < -0.3 is 4.42 Å². The molecule has 3 aromatic rings. The second-order valence-electron chi connectivity index (χ2n) is 4.80. The van der Waals surface area contributed by atoms with Crippen molar-refractivity contribution in [2.45, 2.75) is 13.0 Å². The molecule has 25 heavy (non-hydrogen) atoms. The SMILES string of the molecule is O=c1cc(-c2nnc(C(F)F)o2)cnn1CC#Cc1cccc(Cl)c1. The minimum absolute atomic E-state index is 0.0533. The number of rotatable bonds is 3. The van der Waals surface area contributed by atoms with Crippen molar-refractivity contribution in [1.29, 1.82) is 0 Å². The van der Waals surface area contributed by atoms with Gasteiger partial charge in [0.25, 0.3) is 11.4 Å². The van der Waals surface area contributed by atoms with E-state index in [1.54, 1.807) is 24.3 Å². The highest BCUT2D eigenvalue weighted by Crippen LogP contribution is 2.21. The molecule has 0 aliphatic heterocycles. The Morgan fingerprint density at radius 1 is 1.28 bits per heavy atom. The first-order chi connectivity index (χ1) is 12.0. The average Bonchev–Trinajstić information content (AvgIpc) is 3.07. The highest BCUT2D eigenvalue weighted by molar-refractivity contribution is 6.30. The number of nitrogens with zero attached hydrogens (tertiary/aromatic N) is 4. The Morgan fingerprint density at radius 2 is 2.12 bits per heavy atom. The summed E-state index contributed by atoms with van der Waals surface area (Å²) in [5, 5.41) is 11.1. The summed E-state index contributed by atoms with van der Waals surface area (Å²) in [5.41, 5.74) is 0.390. The third-order valence-electron chi connectivity index (χ3n) is 3.03. The van der Waals surface area contributed by atoms with E-state index in [1.165, 1.54) is 6.20 Å². The topological polar surface area (TPSA) is 73.8 Å². The molecule has 1 aromatic carbocycles. The predicted molar refractivity (Wildman–Crippen MR) is 85.1 cm³/mol. The summed E-state index contributed by atoms with van der Waals surface area (Å²) in [7, 11) is 0. The third-order valence-corrected chi connectivity index (χ3v) is 3.27. The molecule has 0 bridgehead atoms. The molecule has 3 rings (SSSR count). The second-order valence-corrected chi connectivity index (χ2v) is 5.23. The van der Waals surface area contributed by atoms with Crippen LogP contribution in [0.4, 0.5) is 8.78 Å². The molecule has 126 valence electrons. The second kappa shape index (κ2) is 7.23. The zero-order valence-corrected chi connectivity index (χ0v) is 13.2. The molecule has 0 atom stereocenters. The molecular formula is C16H9ClF2N4O2. The van der Waals surface area contributed by atoms with Crippen LogP contribution in [0.15, 0.2) is 45.7 Å². The van der Waals surface area contributed by atoms with Crippen LogP contribution in [-0.2, 0) is 6.54 Å². The first kappa shape index (κ1) is 16.8. The van der Waals surface area contributed by atoms with Crippen molar-refractivity contribution in [1.82, 2.24) is 20.0 Å². The maximum Gasteiger partial charge on any atom is 0.314 e. The van der Waals surface area contributed by atoms with Crippen molar-refractivity contribution >= 4 is 11.6 Å². The quantitative estimate of drug-likeness (QED) is 0.670. The van der Waals surface area contributed by atoms with Crippen molar-refractivity contribution in [3.05, 3.63) is 63.4 Å². The van der Waals surface area contributed by atoms with Crippen LogP contribution in [-0.4, -0.2) is 20.0 Å². The molecule has 0 saturated carbocycles. The predicted octanol–water partition coefficient (Wildman–Crippen LogP) is 2.94. The fraction of sp³-hybridized carbons (Fsp3) is 0.125. The van der Waals surface area contributed by atoms with Gasteiger partial charge in [-0.25, -0.2) is 4.68 Å². The van der Waals surface area contributed by atoms with Gasteiger partial charge in [0.2, 0.25) is 5.89 Å². The molecule has 9 heteroatoms. The number of hydrogen-bond donors (Lipinski definition) is 0. The fourth-order valence-electron chi connectivity index (χ4n) is 1.89. The minimum Gasteiger partial charge on any atom is -0.415 e. The molecule has 0 aliphatic rings. The molecule has 6 nitrogen and oxygen atoms in total. The lowest BCUT2D eigenvalue weighted by atomic mass is 10.2. The lowest BCUT2D eigenvalue weighted by molar-refractivity contribution is 0.116. The molecule has 0 radical (unpaired) electrons. The summed E-state index contributed by atoms with van der Waals surface area (Å²) < 4.78 is 30.8. The van der Waals surface area contributed by atoms with Gasteiger partial charge in [-0.05, 0) is 18.2 Å². The van der Waals surface area contributed by atoms with Crippen molar-refractivity contribution in [2.75, 3.05) is 0 Å². The largest absolute Gasteiger partial charge is 0.415 e. The summed E-state index contributed by atoms with van der Waals surface area (Å²) in [5.74, 6) is 4.66. The summed E-state index contributed by atoms with van der Waals surface area (Å²) in [6.45, 7) is 0.0533. The van der Waals surface area contributed by atoms with Crippen molar-refractivity contribution in [3.8, 4) is 23.3 Å². The van der Waals surface area contributed by atoms with E-state index in [4.69, 9.17) is 16.0 Å². The van der Waals surface area contributed by atoms with E-state index in [0.717, 1.165) is 10.7 Å². The molecule has 0 spiro atoms. The van der Waals surface area contributed by atoms with Crippen LogP contribution in [0.5, 0.6) is 0 Å². The maximum absolute atomic E-state index is 12.4. The van der Waals surface area contributed by atoms with Crippen molar-refractivity contribution in [3.63, 3.8) is 0 Å². The van der Waals surface area contributed by atoms with Crippen LogP contribution in [0, 0.1) is 11.8 Å². The smallest absolute Gasteiger partial charge is 0.314 e. The Hall–Kier alpha value is -3.05. The zero-order valence-electron chi connectivity index (χ0n) is 12.5. The average molecular weight is 363 g/mol. The number of aromatic nitrogens is 4. The van der Waals surface area contributed by atoms with Gasteiger partial charge in [-0.1, -0.05) is 29.5 Å². The summed E-state index contributed by atoms with van der Waals surface area (Å²) in [4.78, 5) is 12.0. The first-order valence-electron chi connectivity index (χ1n) is 6.96. The molecule has 0 fully saturated rings. The van der Waals surface area contributed by atoms with E-state index < -0.39 is 17.9 Å². The molecule has 0 N–H and O–H groups in total. The Kier molecular flexibility index (Phi) is 4.86. The molecule has 0 aliphatic carbocycles. The van der Waals surface area contributed by atoms with Gasteiger partial charge in [-0.15, -0.1) is 10.2 Å². The monoisotopic (exact) mass is 362 g/mol. The lowest BCUT2D eigenvalue weighted by Crippen LogP contribution is -2.21. The van der Waals surface area contributed by atoms with E-state index >= 15 is 0 Å². The van der Waals surface area contributed by atoms with Crippen LogP contribution in [0.1, 0.15) is 17.9 Å². The van der Waals surface area contributed by atoms with Gasteiger partial charge in [0.05, 0.1) is 11.8 Å². The molecule has 2 aromatic heterocycles. The van der Waals surface area contributed by atoms with Crippen LogP contribution < -0.4 is 5.56 Å². The highest BCUT2D eigenvalue weighted by atomic mass is 35.5. The van der Waals surface area contributed by atoms with Crippen LogP contribution >= 0.6 is 11.6 Å². The van der Waals surface area contributed by atoms with E-state index in [-0.39, 0.29) is 18.0 Å². The Labute approximate surface area is 145 Å². The molecule has 2 heterocycles. The normalized spacial score (nSPS) is 10.6. The maximum atomic E-state index is 12.4. The standard InChI is InChI=1S/C16H9ClF2N4O2/c17-12-5-1-3-10(7-12)4-2-6-23-13(24)8-11(9-20-23)15-21-22-16(25-15)14(18)19/h1,3,5,7-9,14H,6H2. The number of benzene rings is 1. The number of alkyl halides is 2. The molecule has 0 unspecified atom stereocenters. The Bertz CT molecular complexity index is 1020. The van der Waals surface area contributed by atoms with Gasteiger partial charge in [0.15, 0.2) is 0 Å². The van der Waals surface area contributed by atoms with Crippen molar-refractivity contribution < 1.29 is 13.2 Å².